The Morgan fingerprint density at radius 1 is 1.21 bits per heavy atom. The fraction of sp³-hybridized carbons (Fsp3) is 0.875. The van der Waals surface area contributed by atoms with Crippen molar-refractivity contribution in [2.75, 3.05) is 6.54 Å². The highest BCUT2D eigenvalue weighted by molar-refractivity contribution is 6.70. The number of carbonyl (C=O) groups is 1. The van der Waals surface area contributed by atoms with E-state index in [0.29, 0.717) is 13.0 Å². The molecule has 0 bridgehead atoms. The van der Waals surface area contributed by atoms with Crippen LogP contribution in [0.1, 0.15) is 25.7 Å². The minimum absolute atomic E-state index is 0.0335. The number of hydrogen-bond donors (Lipinski definition) is 0. The van der Waals surface area contributed by atoms with Crippen molar-refractivity contribution in [3.8, 4) is 0 Å². The maximum Gasteiger partial charge on any atom is 0.224 e. The van der Waals surface area contributed by atoms with E-state index in [2.05, 4.69) is 0 Å². The van der Waals surface area contributed by atoms with Crippen LogP contribution >= 0.6 is 46.4 Å². The number of amides is 1. The van der Waals surface area contributed by atoms with Gasteiger partial charge in [0.15, 0.2) is 5.50 Å². The molecule has 1 aliphatic heterocycles. The second-order valence-electron chi connectivity index (χ2n) is 3.28. The van der Waals surface area contributed by atoms with Crippen molar-refractivity contribution < 1.29 is 4.79 Å². The van der Waals surface area contributed by atoms with Gasteiger partial charge >= 0.3 is 0 Å². The summed E-state index contributed by atoms with van der Waals surface area (Å²) in [7, 11) is 0. The molecule has 0 saturated carbocycles. The topological polar surface area (TPSA) is 20.3 Å². The summed E-state index contributed by atoms with van der Waals surface area (Å²) in [5.41, 5.74) is -0.877. The average molecular weight is 279 g/mol. The Morgan fingerprint density at radius 2 is 1.86 bits per heavy atom. The number of rotatable bonds is 1. The molecule has 0 spiro atoms. The zero-order chi connectivity index (χ0) is 10.8. The van der Waals surface area contributed by atoms with Gasteiger partial charge in [-0.15, -0.1) is 0 Å². The second kappa shape index (κ2) is 5.11. The Kier molecular flexibility index (Phi) is 4.63. The van der Waals surface area contributed by atoms with Gasteiger partial charge in [-0.1, -0.05) is 52.8 Å². The lowest BCUT2D eigenvalue weighted by molar-refractivity contribution is -0.131. The highest BCUT2D eigenvalue weighted by Gasteiger charge is 2.38. The Labute approximate surface area is 103 Å². The molecule has 0 aliphatic carbocycles. The van der Waals surface area contributed by atoms with Gasteiger partial charge in [-0.2, -0.15) is 0 Å². The van der Waals surface area contributed by atoms with Crippen LogP contribution in [0.5, 0.6) is 0 Å². The van der Waals surface area contributed by atoms with Crippen molar-refractivity contribution in [1.29, 1.82) is 0 Å². The predicted octanol–water partition coefficient (Wildman–Crippen LogP) is 3.32. The lowest BCUT2D eigenvalue weighted by Crippen LogP contribution is -2.43. The number of likely N-dealkylation sites (tertiary alicyclic amines) is 1. The van der Waals surface area contributed by atoms with Crippen LogP contribution in [-0.2, 0) is 4.79 Å². The number of halogens is 4. The summed E-state index contributed by atoms with van der Waals surface area (Å²) in [5, 5.41) is 0. The molecule has 0 aromatic heterocycles. The molecule has 6 heteroatoms. The summed E-state index contributed by atoms with van der Waals surface area (Å²) >= 11 is 22.8. The van der Waals surface area contributed by atoms with Crippen LogP contribution in [-0.4, -0.2) is 26.6 Å². The Balaban J connectivity index is 2.68. The van der Waals surface area contributed by atoms with Crippen molar-refractivity contribution in [1.82, 2.24) is 4.90 Å². The highest BCUT2D eigenvalue weighted by Crippen LogP contribution is 2.36. The van der Waals surface area contributed by atoms with Crippen LogP contribution in [0.25, 0.3) is 0 Å². The minimum Gasteiger partial charge on any atom is -0.322 e. The quantitative estimate of drug-likeness (QED) is 0.532. The lowest BCUT2D eigenvalue weighted by atomic mass is 10.2. The first-order valence-corrected chi connectivity index (χ1v) is 6.00. The van der Waals surface area contributed by atoms with Crippen molar-refractivity contribution in [3.63, 3.8) is 0 Å². The fourth-order valence-corrected chi connectivity index (χ4v) is 1.98. The van der Waals surface area contributed by atoms with Crippen molar-refractivity contribution in [2.45, 2.75) is 35.0 Å². The Bertz CT molecular complexity index is 216. The first-order valence-electron chi connectivity index (χ1n) is 4.43. The van der Waals surface area contributed by atoms with Crippen LogP contribution in [0.3, 0.4) is 0 Å². The predicted molar refractivity (Wildman–Crippen MR) is 60.1 cm³/mol. The SMILES string of the molecule is O=C1CCCCCN1C(Cl)C(Cl)(Cl)Cl. The van der Waals surface area contributed by atoms with Gasteiger partial charge in [0.05, 0.1) is 0 Å². The second-order valence-corrected chi connectivity index (χ2v) is 6.06. The van der Waals surface area contributed by atoms with E-state index in [0.717, 1.165) is 19.3 Å². The third kappa shape index (κ3) is 3.34. The van der Waals surface area contributed by atoms with Gasteiger partial charge in [0, 0.05) is 13.0 Å². The van der Waals surface area contributed by atoms with E-state index in [4.69, 9.17) is 46.4 Å². The van der Waals surface area contributed by atoms with E-state index in [-0.39, 0.29) is 5.91 Å². The summed E-state index contributed by atoms with van der Waals surface area (Å²) in [6.07, 6.45) is 3.31. The molecule has 1 fully saturated rings. The minimum atomic E-state index is -1.62. The van der Waals surface area contributed by atoms with E-state index < -0.39 is 9.29 Å². The van der Waals surface area contributed by atoms with E-state index in [9.17, 15) is 4.79 Å². The normalized spacial score (nSPS) is 22.0. The van der Waals surface area contributed by atoms with E-state index in [1.54, 1.807) is 0 Å². The maximum absolute atomic E-state index is 11.6. The average Bonchev–Trinajstić information content (AvgIpc) is 2.27. The van der Waals surface area contributed by atoms with Crippen LogP contribution in [0, 0.1) is 0 Å². The molecule has 1 rings (SSSR count). The summed E-state index contributed by atoms with van der Waals surface area (Å²) in [6.45, 7) is 0.570. The van der Waals surface area contributed by atoms with Gasteiger partial charge in [0.2, 0.25) is 9.70 Å². The molecule has 0 aromatic carbocycles. The number of nitrogens with zero attached hydrogens (tertiary/aromatic N) is 1. The molecular weight excluding hydrogens is 268 g/mol. The van der Waals surface area contributed by atoms with Crippen molar-refractivity contribution >= 4 is 52.3 Å². The van der Waals surface area contributed by atoms with Crippen LogP contribution in [0.4, 0.5) is 0 Å². The van der Waals surface area contributed by atoms with Gasteiger partial charge in [-0.25, -0.2) is 0 Å². The van der Waals surface area contributed by atoms with E-state index in [1.165, 1.54) is 4.90 Å². The van der Waals surface area contributed by atoms with Gasteiger partial charge in [-0.3, -0.25) is 4.79 Å². The summed E-state index contributed by atoms with van der Waals surface area (Å²) in [6, 6.07) is 0. The zero-order valence-corrected chi connectivity index (χ0v) is 10.5. The molecule has 1 amide bonds. The molecular formula is C8H11Cl4NO. The third-order valence-electron chi connectivity index (χ3n) is 2.15. The van der Waals surface area contributed by atoms with Crippen LogP contribution in [0.15, 0.2) is 0 Å². The maximum atomic E-state index is 11.6. The van der Waals surface area contributed by atoms with Crippen molar-refractivity contribution in [2.24, 2.45) is 0 Å². The molecule has 14 heavy (non-hydrogen) atoms. The largest absolute Gasteiger partial charge is 0.322 e. The highest BCUT2D eigenvalue weighted by atomic mass is 35.6. The van der Waals surface area contributed by atoms with Gasteiger partial charge in [0.25, 0.3) is 0 Å². The molecule has 0 N–H and O–H groups in total. The Morgan fingerprint density at radius 3 is 2.43 bits per heavy atom. The first-order chi connectivity index (χ1) is 6.43. The third-order valence-corrected chi connectivity index (χ3v) is 3.67. The zero-order valence-electron chi connectivity index (χ0n) is 7.48. The molecule has 1 unspecified atom stereocenters. The monoisotopic (exact) mass is 277 g/mol. The summed E-state index contributed by atoms with van der Waals surface area (Å²) in [5.74, 6) is -0.0335. The molecule has 0 radical (unpaired) electrons. The van der Waals surface area contributed by atoms with E-state index in [1.807, 2.05) is 0 Å². The summed E-state index contributed by atoms with van der Waals surface area (Å²) in [4.78, 5) is 13.0. The van der Waals surface area contributed by atoms with Crippen molar-refractivity contribution in [3.05, 3.63) is 0 Å². The fourth-order valence-electron chi connectivity index (χ4n) is 1.42. The van der Waals surface area contributed by atoms with Crippen LogP contribution < -0.4 is 0 Å². The molecule has 1 aliphatic rings. The molecule has 1 saturated heterocycles. The van der Waals surface area contributed by atoms with Gasteiger partial charge in [-0.05, 0) is 12.8 Å². The first kappa shape index (κ1) is 12.7. The molecule has 0 aromatic rings. The Hall–Kier alpha value is 0.630. The molecule has 2 nitrogen and oxygen atoms in total. The number of alkyl halides is 4. The van der Waals surface area contributed by atoms with Gasteiger partial charge in [0.1, 0.15) is 0 Å². The van der Waals surface area contributed by atoms with Gasteiger partial charge < -0.3 is 4.90 Å². The standard InChI is InChI=1S/C8H11Cl4NO/c9-7(8(10,11)12)13-5-3-1-2-4-6(13)14/h7H,1-5H2. The van der Waals surface area contributed by atoms with E-state index >= 15 is 0 Å². The smallest absolute Gasteiger partial charge is 0.224 e. The van der Waals surface area contributed by atoms with Crippen LogP contribution in [0.2, 0.25) is 0 Å². The molecule has 82 valence electrons. The number of carbonyl (C=O) groups excluding carboxylic acids is 1. The number of hydrogen-bond acceptors (Lipinski definition) is 1. The molecule has 1 heterocycles. The molecule has 1 atom stereocenters. The summed E-state index contributed by atoms with van der Waals surface area (Å²) < 4.78 is -1.62. The lowest BCUT2D eigenvalue weighted by Gasteiger charge is -2.30.